The summed E-state index contributed by atoms with van der Waals surface area (Å²) < 4.78 is 2.23. The molecule has 5 nitrogen and oxygen atoms in total. The van der Waals surface area contributed by atoms with Gasteiger partial charge in [-0.15, -0.1) is 0 Å². The van der Waals surface area contributed by atoms with Crippen LogP contribution < -0.4 is 5.32 Å². The number of aliphatic hydroxyl groups excluding tert-OH is 1. The molecule has 2 heterocycles. The van der Waals surface area contributed by atoms with Gasteiger partial charge in [0.15, 0.2) is 0 Å². The third kappa shape index (κ3) is 3.56. The lowest BCUT2D eigenvalue weighted by atomic mass is 9.99. The van der Waals surface area contributed by atoms with Crippen molar-refractivity contribution in [1.29, 1.82) is 5.26 Å². The van der Waals surface area contributed by atoms with Gasteiger partial charge in [-0.3, -0.25) is 4.98 Å². The molecule has 0 amide bonds. The SMILES string of the molecule is N#Cc1cccc(-n2c3ccccc3c3c(-c4cnc5ccccc5c4)cccc32)c1NCCCO. The highest BCUT2D eigenvalue weighted by atomic mass is 16.3. The second kappa shape index (κ2) is 9.18. The van der Waals surface area contributed by atoms with Gasteiger partial charge in [0.2, 0.25) is 0 Å². The van der Waals surface area contributed by atoms with Gasteiger partial charge in [-0.25, -0.2) is 0 Å². The molecule has 0 radical (unpaired) electrons. The van der Waals surface area contributed by atoms with Gasteiger partial charge in [-0.1, -0.05) is 54.6 Å². The Labute approximate surface area is 208 Å². The van der Waals surface area contributed by atoms with E-state index in [2.05, 4.69) is 64.5 Å². The molecular weight excluding hydrogens is 444 g/mol. The van der Waals surface area contributed by atoms with Gasteiger partial charge in [0.05, 0.1) is 33.5 Å². The summed E-state index contributed by atoms with van der Waals surface area (Å²) in [5.74, 6) is 0. The zero-order valence-electron chi connectivity index (χ0n) is 19.6. The zero-order valence-corrected chi connectivity index (χ0v) is 19.6. The monoisotopic (exact) mass is 468 g/mol. The predicted octanol–water partition coefficient (Wildman–Crippen LogP) is 6.66. The second-order valence-corrected chi connectivity index (χ2v) is 8.78. The fourth-order valence-electron chi connectivity index (χ4n) is 5.04. The summed E-state index contributed by atoms with van der Waals surface area (Å²) in [6.07, 6.45) is 2.55. The maximum atomic E-state index is 9.85. The molecule has 0 aliphatic carbocycles. The van der Waals surface area contributed by atoms with Crippen molar-refractivity contribution >= 4 is 38.4 Å². The van der Waals surface area contributed by atoms with Crippen LogP contribution in [-0.2, 0) is 0 Å². The summed E-state index contributed by atoms with van der Waals surface area (Å²) >= 11 is 0. The van der Waals surface area contributed by atoms with E-state index in [4.69, 9.17) is 4.98 Å². The first-order chi connectivity index (χ1) is 17.8. The van der Waals surface area contributed by atoms with E-state index in [9.17, 15) is 10.4 Å². The van der Waals surface area contributed by atoms with E-state index >= 15 is 0 Å². The highest BCUT2D eigenvalue weighted by Crippen LogP contribution is 2.40. The van der Waals surface area contributed by atoms with E-state index in [1.807, 2.05) is 48.7 Å². The molecule has 0 aliphatic rings. The Balaban J connectivity index is 1.65. The van der Waals surface area contributed by atoms with Gasteiger partial charge in [0, 0.05) is 41.1 Å². The van der Waals surface area contributed by atoms with Crippen LogP contribution in [0.5, 0.6) is 0 Å². The first kappa shape index (κ1) is 21.8. The maximum Gasteiger partial charge on any atom is 0.101 e. The number of nitriles is 1. The van der Waals surface area contributed by atoms with Gasteiger partial charge >= 0.3 is 0 Å². The summed E-state index contributed by atoms with van der Waals surface area (Å²) in [6, 6.07) is 33.2. The fraction of sp³-hybridized carbons (Fsp3) is 0.0968. The molecule has 36 heavy (non-hydrogen) atoms. The fourth-order valence-corrected chi connectivity index (χ4v) is 5.04. The molecule has 6 aromatic rings. The molecule has 0 fully saturated rings. The largest absolute Gasteiger partial charge is 0.396 e. The molecule has 6 rings (SSSR count). The molecule has 0 bridgehead atoms. The average molecular weight is 469 g/mol. The molecular formula is C31H24N4O. The Morgan fingerprint density at radius 3 is 2.58 bits per heavy atom. The van der Waals surface area contributed by atoms with Crippen molar-refractivity contribution in [2.45, 2.75) is 6.42 Å². The predicted molar refractivity (Wildman–Crippen MR) is 146 cm³/mol. The Morgan fingerprint density at radius 1 is 0.889 bits per heavy atom. The van der Waals surface area contributed by atoms with Crippen LogP contribution in [0.25, 0.3) is 49.5 Å². The molecule has 2 aromatic heterocycles. The summed E-state index contributed by atoms with van der Waals surface area (Å²) in [5, 5.41) is 25.9. The molecule has 0 aliphatic heterocycles. The Kier molecular flexibility index (Phi) is 5.57. The van der Waals surface area contributed by atoms with E-state index in [0.29, 0.717) is 18.5 Å². The number of nitrogens with one attached hydrogen (secondary N) is 1. The Bertz CT molecular complexity index is 1780. The van der Waals surface area contributed by atoms with E-state index in [1.165, 1.54) is 0 Å². The van der Waals surface area contributed by atoms with Crippen LogP contribution >= 0.6 is 0 Å². The van der Waals surface area contributed by atoms with Gasteiger partial charge in [0.1, 0.15) is 6.07 Å². The minimum atomic E-state index is 0.0928. The number of benzene rings is 4. The summed E-state index contributed by atoms with van der Waals surface area (Å²) in [5.41, 5.74) is 7.53. The van der Waals surface area contributed by atoms with Crippen LogP contribution in [0, 0.1) is 11.3 Å². The molecule has 5 heteroatoms. The van der Waals surface area contributed by atoms with Crippen LogP contribution in [0.4, 0.5) is 5.69 Å². The van der Waals surface area contributed by atoms with Crippen molar-refractivity contribution < 1.29 is 5.11 Å². The number of anilines is 1. The first-order valence-corrected chi connectivity index (χ1v) is 12.1. The van der Waals surface area contributed by atoms with Crippen LogP contribution in [0.2, 0.25) is 0 Å². The summed E-state index contributed by atoms with van der Waals surface area (Å²) in [7, 11) is 0. The topological polar surface area (TPSA) is 73.9 Å². The van der Waals surface area contributed by atoms with Crippen molar-refractivity contribution in [3.05, 3.63) is 103 Å². The van der Waals surface area contributed by atoms with Crippen molar-refractivity contribution in [2.75, 3.05) is 18.5 Å². The lowest BCUT2D eigenvalue weighted by molar-refractivity contribution is 0.292. The van der Waals surface area contributed by atoms with Crippen molar-refractivity contribution in [3.63, 3.8) is 0 Å². The van der Waals surface area contributed by atoms with E-state index in [-0.39, 0.29) is 6.61 Å². The molecule has 2 N–H and O–H groups in total. The number of pyridine rings is 1. The van der Waals surface area contributed by atoms with Crippen molar-refractivity contribution in [1.82, 2.24) is 9.55 Å². The van der Waals surface area contributed by atoms with Crippen LogP contribution in [0.1, 0.15) is 12.0 Å². The molecule has 0 unspecified atom stereocenters. The number of fused-ring (bicyclic) bond motifs is 4. The third-order valence-electron chi connectivity index (χ3n) is 6.64. The minimum Gasteiger partial charge on any atom is -0.396 e. The molecule has 0 atom stereocenters. The van der Waals surface area contributed by atoms with Gasteiger partial charge < -0.3 is 15.0 Å². The average Bonchev–Trinajstić information content (AvgIpc) is 3.27. The van der Waals surface area contributed by atoms with Gasteiger partial charge in [0.25, 0.3) is 0 Å². The number of aliphatic hydroxyl groups is 1. The van der Waals surface area contributed by atoms with Crippen LogP contribution in [-0.4, -0.2) is 27.8 Å². The number of nitrogens with zero attached hydrogens (tertiary/aromatic N) is 3. The Hall–Kier alpha value is -4.66. The van der Waals surface area contributed by atoms with Gasteiger partial charge in [-0.05, 0) is 48.4 Å². The van der Waals surface area contributed by atoms with Crippen LogP contribution in [0.3, 0.4) is 0 Å². The minimum absolute atomic E-state index is 0.0928. The normalized spacial score (nSPS) is 11.2. The van der Waals surface area contributed by atoms with E-state index < -0.39 is 0 Å². The zero-order chi connectivity index (χ0) is 24.5. The first-order valence-electron chi connectivity index (χ1n) is 12.1. The molecule has 0 spiro atoms. The smallest absolute Gasteiger partial charge is 0.101 e. The third-order valence-corrected chi connectivity index (χ3v) is 6.64. The molecule has 0 saturated carbocycles. The quantitative estimate of drug-likeness (QED) is 0.268. The number of hydrogen-bond donors (Lipinski definition) is 2. The summed E-state index contributed by atoms with van der Waals surface area (Å²) in [6.45, 7) is 0.670. The lowest BCUT2D eigenvalue weighted by Gasteiger charge is -2.16. The highest BCUT2D eigenvalue weighted by Gasteiger charge is 2.19. The second-order valence-electron chi connectivity index (χ2n) is 8.78. The number of para-hydroxylation sites is 3. The van der Waals surface area contributed by atoms with Gasteiger partial charge in [-0.2, -0.15) is 5.26 Å². The van der Waals surface area contributed by atoms with Crippen molar-refractivity contribution in [3.8, 4) is 22.9 Å². The van der Waals surface area contributed by atoms with Crippen LogP contribution in [0.15, 0.2) is 97.2 Å². The van der Waals surface area contributed by atoms with E-state index in [0.717, 1.165) is 55.2 Å². The van der Waals surface area contributed by atoms with Crippen molar-refractivity contribution in [2.24, 2.45) is 0 Å². The summed E-state index contributed by atoms with van der Waals surface area (Å²) in [4.78, 5) is 4.71. The molecule has 0 saturated heterocycles. The number of hydrogen-bond acceptors (Lipinski definition) is 4. The lowest BCUT2D eigenvalue weighted by Crippen LogP contribution is -2.09. The number of rotatable bonds is 6. The maximum absolute atomic E-state index is 9.85. The Morgan fingerprint density at radius 2 is 1.69 bits per heavy atom. The van der Waals surface area contributed by atoms with E-state index in [1.54, 1.807) is 0 Å². The molecule has 4 aromatic carbocycles. The number of aromatic nitrogens is 2. The standard InChI is InChI=1S/C31H24N4O/c32-19-22-9-5-15-29(31(22)33-16-7-17-36)35-27-13-4-2-10-25(27)30-24(11-6-14-28(30)35)23-18-21-8-1-3-12-26(21)34-20-23/h1-6,8-15,18,20,33,36H,7,16-17H2. The molecule has 174 valence electrons. The highest BCUT2D eigenvalue weighted by molar-refractivity contribution is 6.16.